The van der Waals surface area contributed by atoms with Crippen LogP contribution in [-0.4, -0.2) is 16.6 Å². The van der Waals surface area contributed by atoms with Crippen molar-refractivity contribution >= 4 is 40.8 Å². The number of rotatable bonds is 3. The second-order valence-electron chi connectivity index (χ2n) is 7.67. The lowest BCUT2D eigenvalue weighted by Crippen LogP contribution is -2.30. The molecule has 31 heavy (non-hydrogen) atoms. The molecule has 0 saturated carbocycles. The van der Waals surface area contributed by atoms with Crippen LogP contribution in [0.4, 0.5) is 11.4 Å². The lowest BCUT2D eigenvalue weighted by Gasteiger charge is -2.31. The molecule has 4 nitrogen and oxygen atoms in total. The van der Waals surface area contributed by atoms with Gasteiger partial charge >= 0.3 is 0 Å². The Kier molecular flexibility index (Phi) is 5.71. The van der Waals surface area contributed by atoms with Crippen LogP contribution >= 0.6 is 23.5 Å². The van der Waals surface area contributed by atoms with Crippen molar-refractivity contribution < 1.29 is 4.79 Å². The van der Waals surface area contributed by atoms with Crippen LogP contribution in [0.5, 0.6) is 0 Å². The third-order valence-electron chi connectivity index (χ3n) is 5.65. The van der Waals surface area contributed by atoms with Gasteiger partial charge in [-0.2, -0.15) is 5.26 Å². The molecule has 1 aromatic heterocycles. The van der Waals surface area contributed by atoms with Crippen molar-refractivity contribution in [3.8, 4) is 6.07 Å². The largest absolute Gasteiger partial charge is 0.278 e. The van der Waals surface area contributed by atoms with Crippen LogP contribution in [0.2, 0.25) is 0 Å². The smallest absolute Gasteiger partial charge is 0.242 e. The molecule has 2 heterocycles. The zero-order valence-corrected chi connectivity index (χ0v) is 18.6. The molecule has 2 aliphatic rings. The third kappa shape index (κ3) is 3.96. The highest BCUT2D eigenvalue weighted by Crippen LogP contribution is 2.48. The van der Waals surface area contributed by atoms with Gasteiger partial charge in [0, 0.05) is 15.5 Å². The first-order valence-electron chi connectivity index (χ1n) is 10.5. The van der Waals surface area contributed by atoms with E-state index in [0.717, 1.165) is 52.5 Å². The van der Waals surface area contributed by atoms with E-state index in [1.54, 1.807) is 11.8 Å². The monoisotopic (exact) mass is 443 g/mol. The molecule has 6 heteroatoms. The van der Waals surface area contributed by atoms with Gasteiger partial charge in [0.25, 0.3) is 0 Å². The summed E-state index contributed by atoms with van der Waals surface area (Å²) < 4.78 is 0. The van der Waals surface area contributed by atoms with Gasteiger partial charge in [-0.15, -0.1) is 0 Å². The zero-order chi connectivity index (χ0) is 21.2. The molecule has 1 aliphatic heterocycles. The van der Waals surface area contributed by atoms with E-state index in [9.17, 15) is 10.1 Å². The number of para-hydroxylation sites is 2. The maximum atomic E-state index is 13.4. The van der Waals surface area contributed by atoms with Crippen LogP contribution in [0.15, 0.2) is 69.4 Å². The van der Waals surface area contributed by atoms with Crippen molar-refractivity contribution in [3.05, 3.63) is 71.4 Å². The molecule has 0 unspecified atom stereocenters. The van der Waals surface area contributed by atoms with Crippen LogP contribution in [-0.2, 0) is 17.6 Å². The summed E-state index contributed by atoms with van der Waals surface area (Å²) in [5.74, 6) is 0.221. The summed E-state index contributed by atoms with van der Waals surface area (Å²) in [6.07, 6.45) is 5.42. The number of carbonyl (C=O) groups is 1. The third-order valence-corrected chi connectivity index (χ3v) is 7.76. The quantitative estimate of drug-likeness (QED) is 0.359. The Labute approximate surface area is 190 Å². The molecule has 2 aromatic carbocycles. The molecule has 0 saturated heterocycles. The Morgan fingerprint density at radius 2 is 1.71 bits per heavy atom. The summed E-state index contributed by atoms with van der Waals surface area (Å²) in [7, 11) is 0. The van der Waals surface area contributed by atoms with Crippen LogP contribution in [0.3, 0.4) is 0 Å². The average Bonchev–Trinajstić information content (AvgIpc) is 3.05. The summed E-state index contributed by atoms with van der Waals surface area (Å²) in [5, 5.41) is 10.3. The van der Waals surface area contributed by atoms with Gasteiger partial charge < -0.3 is 0 Å². The minimum absolute atomic E-state index is 0.00849. The molecule has 0 radical (unpaired) electrons. The number of aryl methyl sites for hydroxylation is 2. The normalized spacial score (nSPS) is 14.6. The number of thioether (sulfide) groups is 1. The first kappa shape index (κ1) is 20.2. The number of hydrogen-bond donors (Lipinski definition) is 0. The van der Waals surface area contributed by atoms with E-state index in [2.05, 4.69) is 6.07 Å². The summed E-state index contributed by atoms with van der Waals surface area (Å²) in [5.41, 5.74) is 4.69. The molecule has 0 spiro atoms. The van der Waals surface area contributed by atoms with Gasteiger partial charge in [-0.25, -0.2) is 4.98 Å². The predicted octanol–water partition coefficient (Wildman–Crippen LogP) is 6.14. The average molecular weight is 444 g/mol. The Bertz CT molecular complexity index is 1160. The number of pyridine rings is 1. The molecule has 0 bridgehead atoms. The van der Waals surface area contributed by atoms with Crippen LogP contribution in [0.1, 0.15) is 36.1 Å². The predicted molar refractivity (Wildman–Crippen MR) is 125 cm³/mol. The molecule has 5 rings (SSSR count). The fraction of sp³-hybridized carbons (Fsp3) is 0.240. The van der Waals surface area contributed by atoms with E-state index in [4.69, 9.17) is 4.98 Å². The van der Waals surface area contributed by atoms with Gasteiger partial charge in [0.1, 0.15) is 11.1 Å². The highest BCUT2D eigenvalue weighted by atomic mass is 32.2. The van der Waals surface area contributed by atoms with E-state index in [1.165, 1.54) is 23.7 Å². The van der Waals surface area contributed by atoms with E-state index in [-0.39, 0.29) is 11.7 Å². The van der Waals surface area contributed by atoms with Gasteiger partial charge in [-0.3, -0.25) is 9.69 Å². The Morgan fingerprint density at radius 3 is 2.42 bits per heavy atom. The van der Waals surface area contributed by atoms with Crippen molar-refractivity contribution in [2.75, 3.05) is 10.7 Å². The standard InChI is InChI=1S/C25H21N3OS2/c26-15-18-14-17-8-2-1-3-9-19(17)27-25(18)30-16-24(29)28-20-10-4-6-12-22(20)31-23-13-7-5-11-21(23)28/h4-7,10-14H,1-3,8-9,16H2. The first-order valence-corrected chi connectivity index (χ1v) is 12.3. The first-order chi connectivity index (χ1) is 15.2. The lowest BCUT2D eigenvalue weighted by molar-refractivity contribution is -0.115. The highest BCUT2D eigenvalue weighted by Gasteiger charge is 2.28. The van der Waals surface area contributed by atoms with E-state index >= 15 is 0 Å². The van der Waals surface area contributed by atoms with Crippen molar-refractivity contribution in [2.45, 2.75) is 46.9 Å². The molecule has 3 aromatic rings. The van der Waals surface area contributed by atoms with E-state index in [0.29, 0.717) is 10.6 Å². The summed E-state index contributed by atoms with van der Waals surface area (Å²) in [6.45, 7) is 0. The van der Waals surface area contributed by atoms with Crippen molar-refractivity contribution in [3.63, 3.8) is 0 Å². The number of fused-ring (bicyclic) bond motifs is 3. The number of nitrogens with zero attached hydrogens (tertiary/aromatic N) is 3. The SMILES string of the molecule is N#Cc1cc2c(nc1SCC(=O)N1c3ccccc3Sc3ccccc31)CCCCC2. The fourth-order valence-electron chi connectivity index (χ4n) is 4.15. The maximum absolute atomic E-state index is 13.4. The molecule has 0 fully saturated rings. The van der Waals surface area contributed by atoms with Gasteiger partial charge in [0.2, 0.25) is 5.91 Å². The van der Waals surface area contributed by atoms with Crippen LogP contribution < -0.4 is 4.90 Å². The maximum Gasteiger partial charge on any atom is 0.242 e. The number of anilines is 2. The molecule has 0 atom stereocenters. The molecule has 1 aliphatic carbocycles. The van der Waals surface area contributed by atoms with Gasteiger partial charge in [-0.05, 0) is 61.6 Å². The molecule has 0 N–H and O–H groups in total. The molecule has 1 amide bonds. The Hall–Kier alpha value is -2.75. The Balaban J connectivity index is 1.43. The summed E-state index contributed by atoms with van der Waals surface area (Å²) in [6, 6.07) is 20.3. The second kappa shape index (κ2) is 8.78. The fourth-order valence-corrected chi connectivity index (χ4v) is 6.03. The molecule has 154 valence electrons. The number of nitriles is 1. The second-order valence-corrected chi connectivity index (χ2v) is 9.72. The number of benzene rings is 2. The van der Waals surface area contributed by atoms with E-state index < -0.39 is 0 Å². The number of hydrogen-bond acceptors (Lipinski definition) is 5. The highest BCUT2D eigenvalue weighted by molar-refractivity contribution is 8.00. The summed E-state index contributed by atoms with van der Waals surface area (Å²) >= 11 is 3.06. The topological polar surface area (TPSA) is 57.0 Å². The Morgan fingerprint density at radius 1 is 1.03 bits per heavy atom. The minimum Gasteiger partial charge on any atom is -0.278 e. The lowest BCUT2D eigenvalue weighted by atomic mass is 10.1. The number of carbonyl (C=O) groups excluding carboxylic acids is 1. The van der Waals surface area contributed by atoms with Crippen molar-refractivity contribution in [2.24, 2.45) is 0 Å². The minimum atomic E-state index is -0.00849. The number of amides is 1. The molecular weight excluding hydrogens is 422 g/mol. The van der Waals surface area contributed by atoms with Crippen molar-refractivity contribution in [1.29, 1.82) is 5.26 Å². The van der Waals surface area contributed by atoms with Crippen LogP contribution in [0, 0.1) is 11.3 Å². The summed E-state index contributed by atoms with van der Waals surface area (Å²) in [4.78, 5) is 22.2. The zero-order valence-electron chi connectivity index (χ0n) is 17.0. The van der Waals surface area contributed by atoms with Gasteiger partial charge in [-0.1, -0.05) is 54.2 Å². The van der Waals surface area contributed by atoms with Gasteiger partial charge in [0.15, 0.2) is 0 Å². The van der Waals surface area contributed by atoms with Crippen LogP contribution in [0.25, 0.3) is 0 Å². The van der Waals surface area contributed by atoms with Gasteiger partial charge in [0.05, 0.1) is 22.7 Å². The van der Waals surface area contributed by atoms with E-state index in [1.807, 2.05) is 59.5 Å². The van der Waals surface area contributed by atoms with Crippen molar-refractivity contribution in [1.82, 2.24) is 4.98 Å². The number of aromatic nitrogens is 1. The molecular formula is C25H21N3OS2.